The Labute approximate surface area is 68.6 Å². The molecule has 1 saturated heterocycles. The highest BCUT2D eigenvalue weighted by atomic mass is 16.5. The van der Waals surface area contributed by atoms with Crippen LogP contribution in [0.15, 0.2) is 0 Å². The lowest BCUT2D eigenvalue weighted by Crippen LogP contribution is -2.39. The summed E-state index contributed by atoms with van der Waals surface area (Å²) >= 11 is 0. The molecule has 0 aromatic heterocycles. The van der Waals surface area contributed by atoms with Crippen LogP contribution in [0.3, 0.4) is 0 Å². The average Bonchev–Trinajstić information content (AvgIpc) is 2.07. The molecular formula is C9H18O2. The largest absolute Gasteiger partial charge is 0.393 e. The molecule has 0 bridgehead atoms. The Kier molecular flexibility index (Phi) is 3.34. The van der Waals surface area contributed by atoms with E-state index >= 15 is 0 Å². The lowest BCUT2D eigenvalue weighted by molar-refractivity contribution is -0.112. The molecule has 0 aromatic carbocycles. The van der Waals surface area contributed by atoms with Crippen molar-refractivity contribution in [3.05, 3.63) is 0 Å². The van der Waals surface area contributed by atoms with Gasteiger partial charge in [-0.3, -0.25) is 0 Å². The van der Waals surface area contributed by atoms with Gasteiger partial charge in [0.05, 0.1) is 12.2 Å². The number of hydrogen-bond donors (Lipinski definition) is 1. The first kappa shape index (κ1) is 9.01. The van der Waals surface area contributed by atoms with E-state index in [4.69, 9.17) is 9.84 Å². The lowest BCUT2D eigenvalue weighted by atomic mass is 9.90. The van der Waals surface area contributed by atoms with Crippen molar-refractivity contribution < 1.29 is 9.84 Å². The zero-order valence-electron chi connectivity index (χ0n) is 7.31. The number of aliphatic hydroxyl groups excluding tert-OH is 1. The van der Waals surface area contributed by atoms with Gasteiger partial charge >= 0.3 is 0 Å². The maximum Gasteiger partial charge on any atom is 0.0912 e. The van der Waals surface area contributed by atoms with Gasteiger partial charge in [0.15, 0.2) is 0 Å². The molecule has 1 atom stereocenters. The average molecular weight is 158 g/mol. The van der Waals surface area contributed by atoms with E-state index in [-0.39, 0.29) is 12.2 Å². The molecule has 1 N–H and O–H groups in total. The van der Waals surface area contributed by atoms with Crippen LogP contribution < -0.4 is 0 Å². The highest BCUT2D eigenvalue weighted by Gasteiger charge is 2.31. The zero-order chi connectivity index (χ0) is 8.16. The molecule has 0 saturated carbocycles. The minimum atomic E-state index is -0.174. The minimum Gasteiger partial charge on any atom is -0.393 e. The zero-order valence-corrected chi connectivity index (χ0v) is 7.31. The van der Waals surface area contributed by atoms with Crippen molar-refractivity contribution in [1.29, 1.82) is 0 Å². The second-order valence-corrected chi connectivity index (χ2v) is 3.40. The smallest absolute Gasteiger partial charge is 0.0912 e. The maximum absolute atomic E-state index is 9.15. The molecule has 66 valence electrons. The molecule has 0 aliphatic carbocycles. The summed E-state index contributed by atoms with van der Waals surface area (Å²) in [5, 5.41) is 9.15. The summed E-state index contributed by atoms with van der Waals surface area (Å²) in [6, 6.07) is 0. The van der Waals surface area contributed by atoms with Crippen LogP contribution in [0.1, 0.15) is 39.0 Å². The van der Waals surface area contributed by atoms with Gasteiger partial charge in [-0.15, -0.1) is 0 Å². The van der Waals surface area contributed by atoms with Gasteiger partial charge in [0.2, 0.25) is 0 Å². The Morgan fingerprint density at radius 1 is 1.45 bits per heavy atom. The van der Waals surface area contributed by atoms with E-state index in [1.807, 2.05) is 0 Å². The van der Waals surface area contributed by atoms with Crippen LogP contribution in [0.25, 0.3) is 0 Å². The molecule has 2 heteroatoms. The van der Waals surface area contributed by atoms with Gasteiger partial charge in [-0.2, -0.15) is 0 Å². The first-order valence-electron chi connectivity index (χ1n) is 4.58. The number of rotatable bonds is 3. The maximum atomic E-state index is 9.15. The van der Waals surface area contributed by atoms with Crippen LogP contribution in [0.5, 0.6) is 0 Å². The van der Waals surface area contributed by atoms with E-state index in [9.17, 15) is 0 Å². The van der Waals surface area contributed by atoms with Crippen molar-refractivity contribution in [1.82, 2.24) is 0 Å². The van der Waals surface area contributed by atoms with E-state index in [1.165, 1.54) is 6.42 Å². The third-order valence-electron chi connectivity index (χ3n) is 2.43. The Balaban J connectivity index is 2.42. The van der Waals surface area contributed by atoms with Crippen molar-refractivity contribution in [2.45, 2.75) is 44.6 Å². The Hall–Kier alpha value is -0.0800. The SMILES string of the molecule is CCCC1(CO)CCCCO1. The van der Waals surface area contributed by atoms with Crippen molar-refractivity contribution in [3.63, 3.8) is 0 Å². The quantitative estimate of drug-likeness (QED) is 0.677. The highest BCUT2D eigenvalue weighted by Crippen LogP contribution is 2.28. The molecular weight excluding hydrogens is 140 g/mol. The van der Waals surface area contributed by atoms with Crippen molar-refractivity contribution in [3.8, 4) is 0 Å². The molecule has 1 rings (SSSR count). The van der Waals surface area contributed by atoms with Crippen LogP contribution in [0.2, 0.25) is 0 Å². The van der Waals surface area contributed by atoms with Gasteiger partial charge in [-0.05, 0) is 25.7 Å². The fraction of sp³-hybridized carbons (Fsp3) is 1.00. The molecule has 11 heavy (non-hydrogen) atoms. The fourth-order valence-electron chi connectivity index (χ4n) is 1.77. The Morgan fingerprint density at radius 2 is 2.27 bits per heavy atom. The highest BCUT2D eigenvalue weighted by molar-refractivity contribution is 4.82. The van der Waals surface area contributed by atoms with Gasteiger partial charge < -0.3 is 9.84 Å². The third-order valence-corrected chi connectivity index (χ3v) is 2.43. The molecule has 1 unspecified atom stereocenters. The van der Waals surface area contributed by atoms with E-state index < -0.39 is 0 Å². The fourth-order valence-corrected chi connectivity index (χ4v) is 1.77. The summed E-state index contributed by atoms with van der Waals surface area (Å²) < 4.78 is 5.61. The standard InChI is InChI=1S/C9H18O2/c1-2-5-9(8-10)6-3-4-7-11-9/h10H,2-8H2,1H3. The van der Waals surface area contributed by atoms with Gasteiger partial charge in [-0.1, -0.05) is 13.3 Å². The van der Waals surface area contributed by atoms with Gasteiger partial charge in [0.25, 0.3) is 0 Å². The van der Waals surface area contributed by atoms with Gasteiger partial charge in [0, 0.05) is 6.61 Å². The monoisotopic (exact) mass is 158 g/mol. The Morgan fingerprint density at radius 3 is 2.73 bits per heavy atom. The minimum absolute atomic E-state index is 0.174. The van der Waals surface area contributed by atoms with Crippen LogP contribution in [0.4, 0.5) is 0 Å². The number of hydrogen-bond acceptors (Lipinski definition) is 2. The van der Waals surface area contributed by atoms with Crippen LogP contribution in [-0.2, 0) is 4.74 Å². The summed E-state index contributed by atoms with van der Waals surface area (Å²) in [6.07, 6.45) is 5.51. The second kappa shape index (κ2) is 4.07. The molecule has 1 aliphatic rings. The molecule has 2 nitrogen and oxygen atoms in total. The van der Waals surface area contributed by atoms with Gasteiger partial charge in [0.1, 0.15) is 0 Å². The first-order chi connectivity index (χ1) is 5.33. The van der Waals surface area contributed by atoms with Crippen molar-refractivity contribution >= 4 is 0 Å². The Bertz CT molecular complexity index is 101. The third kappa shape index (κ3) is 2.17. The molecule has 0 aromatic rings. The summed E-state index contributed by atoms with van der Waals surface area (Å²) in [5.74, 6) is 0. The molecule has 1 heterocycles. The normalized spacial score (nSPS) is 32.2. The predicted octanol–water partition coefficient (Wildman–Crippen LogP) is 1.72. The predicted molar refractivity (Wildman–Crippen MR) is 44.5 cm³/mol. The lowest BCUT2D eigenvalue weighted by Gasteiger charge is -2.35. The molecule has 0 amide bonds. The first-order valence-corrected chi connectivity index (χ1v) is 4.58. The summed E-state index contributed by atoms with van der Waals surface area (Å²) in [5.41, 5.74) is -0.174. The second-order valence-electron chi connectivity index (χ2n) is 3.40. The van der Waals surface area contributed by atoms with Crippen LogP contribution in [-0.4, -0.2) is 23.9 Å². The molecule has 1 fully saturated rings. The number of ether oxygens (including phenoxy) is 1. The summed E-state index contributed by atoms with van der Waals surface area (Å²) in [7, 11) is 0. The van der Waals surface area contributed by atoms with E-state index in [0.29, 0.717) is 0 Å². The summed E-state index contributed by atoms with van der Waals surface area (Å²) in [6.45, 7) is 3.16. The molecule has 1 aliphatic heterocycles. The van der Waals surface area contributed by atoms with Crippen molar-refractivity contribution in [2.24, 2.45) is 0 Å². The topological polar surface area (TPSA) is 29.5 Å². The van der Waals surface area contributed by atoms with E-state index in [0.717, 1.165) is 32.3 Å². The van der Waals surface area contributed by atoms with Gasteiger partial charge in [-0.25, -0.2) is 0 Å². The van der Waals surface area contributed by atoms with E-state index in [2.05, 4.69) is 6.92 Å². The molecule has 0 spiro atoms. The summed E-state index contributed by atoms with van der Waals surface area (Å²) in [4.78, 5) is 0. The number of aliphatic hydroxyl groups is 1. The van der Waals surface area contributed by atoms with Crippen LogP contribution in [0, 0.1) is 0 Å². The van der Waals surface area contributed by atoms with Crippen molar-refractivity contribution in [2.75, 3.05) is 13.2 Å². The molecule has 0 radical (unpaired) electrons. The van der Waals surface area contributed by atoms with E-state index in [1.54, 1.807) is 0 Å². The van der Waals surface area contributed by atoms with Crippen LogP contribution >= 0.6 is 0 Å².